The largest absolute Gasteiger partial charge is 0.314 e. The van der Waals surface area contributed by atoms with Crippen LogP contribution >= 0.6 is 11.6 Å². The average Bonchev–Trinajstić information content (AvgIpc) is 2.33. The van der Waals surface area contributed by atoms with Gasteiger partial charge in [-0.25, -0.2) is 4.39 Å². The second kappa shape index (κ2) is 7.75. The van der Waals surface area contributed by atoms with Crippen LogP contribution in [-0.4, -0.2) is 12.6 Å². The Labute approximate surface area is 115 Å². The third kappa shape index (κ3) is 4.58. The molecule has 1 atom stereocenters. The molecular weight excluding hydrogens is 249 g/mol. The first kappa shape index (κ1) is 15.5. The molecule has 0 radical (unpaired) electrons. The Kier molecular flexibility index (Phi) is 6.66. The lowest BCUT2D eigenvalue weighted by molar-refractivity contribution is 0.376. The monoisotopic (exact) mass is 271 g/mol. The molecule has 1 aromatic carbocycles. The lowest BCUT2D eigenvalue weighted by Crippen LogP contribution is -2.33. The molecule has 3 heteroatoms. The molecule has 102 valence electrons. The summed E-state index contributed by atoms with van der Waals surface area (Å²) in [6.07, 6.45) is 2.80. The van der Waals surface area contributed by atoms with E-state index in [-0.39, 0.29) is 10.8 Å². The number of rotatable bonds is 7. The van der Waals surface area contributed by atoms with Gasteiger partial charge in [0.1, 0.15) is 5.82 Å². The average molecular weight is 272 g/mol. The standard InChI is InChI=1S/C15H23ClFN/c1-4-18-14(11(2)3)10-6-8-12-7-5-9-13(16)15(12)17/h5,7,9,11,14,18H,4,6,8,10H2,1-3H3. The fraction of sp³-hybridized carbons (Fsp3) is 0.600. The van der Waals surface area contributed by atoms with Crippen molar-refractivity contribution >= 4 is 11.6 Å². The van der Waals surface area contributed by atoms with Crippen molar-refractivity contribution in [2.24, 2.45) is 5.92 Å². The second-order valence-electron chi connectivity index (χ2n) is 5.01. The van der Waals surface area contributed by atoms with Crippen LogP contribution in [0, 0.1) is 11.7 Å². The molecule has 0 spiro atoms. The van der Waals surface area contributed by atoms with E-state index in [1.807, 2.05) is 12.1 Å². The Hall–Kier alpha value is -0.600. The van der Waals surface area contributed by atoms with Crippen LogP contribution in [-0.2, 0) is 6.42 Å². The van der Waals surface area contributed by atoms with E-state index in [2.05, 4.69) is 26.1 Å². The first-order valence-electron chi connectivity index (χ1n) is 6.72. The maximum absolute atomic E-state index is 13.7. The van der Waals surface area contributed by atoms with Crippen LogP contribution in [0.5, 0.6) is 0 Å². The second-order valence-corrected chi connectivity index (χ2v) is 5.42. The number of halogens is 2. The fourth-order valence-electron chi connectivity index (χ4n) is 2.19. The SMILES string of the molecule is CCNC(CCCc1cccc(Cl)c1F)C(C)C. The molecule has 0 aromatic heterocycles. The predicted molar refractivity (Wildman–Crippen MR) is 76.7 cm³/mol. The van der Waals surface area contributed by atoms with E-state index in [1.165, 1.54) is 0 Å². The van der Waals surface area contributed by atoms with Gasteiger partial charge in [-0.1, -0.05) is 44.5 Å². The van der Waals surface area contributed by atoms with Gasteiger partial charge in [0, 0.05) is 6.04 Å². The Morgan fingerprint density at radius 3 is 2.67 bits per heavy atom. The van der Waals surface area contributed by atoms with Gasteiger partial charge < -0.3 is 5.32 Å². The molecule has 18 heavy (non-hydrogen) atoms. The molecule has 0 aliphatic heterocycles. The zero-order valence-electron chi connectivity index (χ0n) is 11.5. The number of hydrogen-bond donors (Lipinski definition) is 1. The highest BCUT2D eigenvalue weighted by Crippen LogP contribution is 2.20. The highest BCUT2D eigenvalue weighted by Gasteiger charge is 2.12. The molecule has 0 bridgehead atoms. The Bertz CT molecular complexity index is 366. The molecule has 1 rings (SSSR count). The molecule has 0 heterocycles. The van der Waals surface area contributed by atoms with Crippen LogP contribution in [0.1, 0.15) is 39.2 Å². The topological polar surface area (TPSA) is 12.0 Å². The summed E-state index contributed by atoms with van der Waals surface area (Å²) in [7, 11) is 0. The van der Waals surface area contributed by atoms with Crippen molar-refractivity contribution < 1.29 is 4.39 Å². The third-order valence-corrected chi connectivity index (χ3v) is 3.56. The van der Waals surface area contributed by atoms with Crippen molar-refractivity contribution in [3.05, 3.63) is 34.6 Å². The molecule has 1 aromatic rings. The van der Waals surface area contributed by atoms with Gasteiger partial charge in [-0.15, -0.1) is 0 Å². The highest BCUT2D eigenvalue weighted by atomic mass is 35.5. The number of aryl methyl sites for hydroxylation is 1. The van der Waals surface area contributed by atoms with Gasteiger partial charge in [-0.05, 0) is 43.4 Å². The number of hydrogen-bond acceptors (Lipinski definition) is 1. The molecule has 0 saturated heterocycles. The molecule has 0 aliphatic carbocycles. The maximum atomic E-state index is 13.7. The summed E-state index contributed by atoms with van der Waals surface area (Å²) in [5.74, 6) is 0.345. The molecule has 1 unspecified atom stereocenters. The lowest BCUT2D eigenvalue weighted by Gasteiger charge is -2.21. The smallest absolute Gasteiger partial charge is 0.144 e. The number of benzene rings is 1. The Morgan fingerprint density at radius 2 is 2.06 bits per heavy atom. The summed E-state index contributed by atoms with van der Waals surface area (Å²) in [5.41, 5.74) is 0.724. The van der Waals surface area contributed by atoms with Gasteiger partial charge >= 0.3 is 0 Å². The fourth-order valence-corrected chi connectivity index (χ4v) is 2.38. The van der Waals surface area contributed by atoms with Crippen molar-refractivity contribution in [3.8, 4) is 0 Å². The summed E-state index contributed by atoms with van der Waals surface area (Å²) in [6, 6.07) is 5.73. The number of nitrogens with one attached hydrogen (secondary N) is 1. The minimum Gasteiger partial charge on any atom is -0.314 e. The van der Waals surface area contributed by atoms with E-state index >= 15 is 0 Å². The van der Waals surface area contributed by atoms with Gasteiger partial charge in [0.25, 0.3) is 0 Å². The van der Waals surface area contributed by atoms with E-state index < -0.39 is 0 Å². The van der Waals surface area contributed by atoms with Gasteiger partial charge in [-0.3, -0.25) is 0 Å². The van der Waals surface area contributed by atoms with Gasteiger partial charge in [0.2, 0.25) is 0 Å². The van der Waals surface area contributed by atoms with Gasteiger partial charge in [0.05, 0.1) is 5.02 Å². The molecule has 1 N–H and O–H groups in total. The van der Waals surface area contributed by atoms with Crippen molar-refractivity contribution in [3.63, 3.8) is 0 Å². The van der Waals surface area contributed by atoms with Crippen molar-refractivity contribution in [2.75, 3.05) is 6.54 Å². The van der Waals surface area contributed by atoms with Crippen LogP contribution in [0.15, 0.2) is 18.2 Å². The van der Waals surface area contributed by atoms with E-state index in [4.69, 9.17) is 11.6 Å². The quantitative estimate of drug-likeness (QED) is 0.773. The zero-order chi connectivity index (χ0) is 13.5. The van der Waals surface area contributed by atoms with E-state index in [1.54, 1.807) is 6.07 Å². The summed E-state index contributed by atoms with van der Waals surface area (Å²) < 4.78 is 13.7. The lowest BCUT2D eigenvalue weighted by atomic mass is 9.96. The Balaban J connectivity index is 2.47. The summed E-state index contributed by atoms with van der Waals surface area (Å²) >= 11 is 5.77. The molecular formula is C15H23ClFN. The van der Waals surface area contributed by atoms with Gasteiger partial charge in [-0.2, -0.15) is 0 Å². The molecule has 0 saturated carbocycles. The minimum absolute atomic E-state index is 0.222. The molecule has 0 amide bonds. The van der Waals surface area contributed by atoms with Crippen LogP contribution in [0.4, 0.5) is 4.39 Å². The zero-order valence-corrected chi connectivity index (χ0v) is 12.2. The maximum Gasteiger partial charge on any atom is 0.144 e. The van der Waals surface area contributed by atoms with Crippen molar-refractivity contribution in [2.45, 2.75) is 46.1 Å². The van der Waals surface area contributed by atoms with E-state index in [0.717, 1.165) is 31.4 Å². The van der Waals surface area contributed by atoms with Crippen LogP contribution < -0.4 is 5.32 Å². The summed E-state index contributed by atoms with van der Waals surface area (Å²) in [6.45, 7) is 7.53. The molecule has 1 nitrogen and oxygen atoms in total. The highest BCUT2D eigenvalue weighted by molar-refractivity contribution is 6.30. The van der Waals surface area contributed by atoms with E-state index in [0.29, 0.717) is 12.0 Å². The van der Waals surface area contributed by atoms with Crippen LogP contribution in [0.3, 0.4) is 0 Å². The third-order valence-electron chi connectivity index (χ3n) is 3.26. The Morgan fingerprint density at radius 1 is 1.33 bits per heavy atom. The van der Waals surface area contributed by atoms with Crippen LogP contribution in [0.2, 0.25) is 5.02 Å². The van der Waals surface area contributed by atoms with Gasteiger partial charge in [0.15, 0.2) is 0 Å². The van der Waals surface area contributed by atoms with Crippen molar-refractivity contribution in [1.29, 1.82) is 0 Å². The van der Waals surface area contributed by atoms with Crippen LogP contribution in [0.25, 0.3) is 0 Å². The first-order valence-corrected chi connectivity index (χ1v) is 7.10. The summed E-state index contributed by atoms with van der Waals surface area (Å²) in [5, 5.41) is 3.70. The van der Waals surface area contributed by atoms with Crippen molar-refractivity contribution in [1.82, 2.24) is 5.32 Å². The minimum atomic E-state index is -0.260. The first-order chi connectivity index (χ1) is 8.56. The predicted octanol–water partition coefficient (Wildman–Crippen LogP) is 4.44. The van der Waals surface area contributed by atoms with E-state index in [9.17, 15) is 4.39 Å². The normalized spacial score (nSPS) is 13.0. The summed E-state index contributed by atoms with van der Waals surface area (Å²) in [4.78, 5) is 0. The molecule has 0 aliphatic rings. The molecule has 0 fully saturated rings.